The molecule has 0 radical (unpaired) electrons. The van der Waals surface area contributed by atoms with Crippen molar-refractivity contribution in [3.8, 4) is 0 Å². The molecule has 5 heteroatoms. The molecule has 0 bridgehead atoms. The molecule has 96 valence electrons. The standard InChI is InChI=1S/C11H24N2O3/c1-10(2)13(3)11(15)9-12-5-4-7-16-8-6-14/h10,12,14H,4-9H2,1-3H3. The van der Waals surface area contributed by atoms with Gasteiger partial charge in [0.2, 0.25) is 5.91 Å². The fraction of sp³-hybridized carbons (Fsp3) is 0.909. The SMILES string of the molecule is CC(C)N(C)C(=O)CNCCCOCCO. The van der Waals surface area contributed by atoms with E-state index in [1.54, 1.807) is 11.9 Å². The highest BCUT2D eigenvalue weighted by molar-refractivity contribution is 5.78. The number of nitrogens with one attached hydrogen (secondary N) is 1. The van der Waals surface area contributed by atoms with Crippen LogP contribution in [0.1, 0.15) is 20.3 Å². The Morgan fingerprint density at radius 1 is 1.44 bits per heavy atom. The molecule has 0 saturated heterocycles. The summed E-state index contributed by atoms with van der Waals surface area (Å²) in [5, 5.41) is 11.5. The maximum absolute atomic E-state index is 11.5. The smallest absolute Gasteiger partial charge is 0.236 e. The number of rotatable bonds is 9. The molecule has 0 spiro atoms. The van der Waals surface area contributed by atoms with E-state index < -0.39 is 0 Å². The molecule has 1 amide bonds. The van der Waals surface area contributed by atoms with Crippen molar-refractivity contribution < 1.29 is 14.6 Å². The van der Waals surface area contributed by atoms with Crippen LogP contribution in [-0.4, -0.2) is 61.9 Å². The van der Waals surface area contributed by atoms with Gasteiger partial charge in [0.15, 0.2) is 0 Å². The molecule has 0 aliphatic carbocycles. The van der Waals surface area contributed by atoms with Crippen molar-refractivity contribution in [2.24, 2.45) is 0 Å². The van der Waals surface area contributed by atoms with Crippen molar-refractivity contribution in [2.75, 3.05) is 40.0 Å². The number of aliphatic hydroxyl groups excluding tert-OH is 1. The Bertz CT molecular complexity index is 186. The Morgan fingerprint density at radius 2 is 2.12 bits per heavy atom. The average Bonchev–Trinajstić information content (AvgIpc) is 2.26. The summed E-state index contributed by atoms with van der Waals surface area (Å²) in [6.45, 7) is 6.15. The first-order valence-electron chi connectivity index (χ1n) is 5.74. The summed E-state index contributed by atoms with van der Waals surface area (Å²) in [7, 11) is 1.80. The normalized spacial score (nSPS) is 10.8. The first kappa shape index (κ1) is 15.3. The minimum Gasteiger partial charge on any atom is -0.394 e. The van der Waals surface area contributed by atoms with E-state index in [0.29, 0.717) is 19.8 Å². The Kier molecular flexibility index (Phi) is 9.18. The molecule has 0 aliphatic heterocycles. The van der Waals surface area contributed by atoms with Gasteiger partial charge in [0.1, 0.15) is 0 Å². The number of likely N-dealkylation sites (N-methyl/N-ethyl adjacent to an activating group) is 1. The largest absolute Gasteiger partial charge is 0.394 e. The first-order valence-corrected chi connectivity index (χ1v) is 5.74. The predicted molar refractivity (Wildman–Crippen MR) is 63.3 cm³/mol. The zero-order chi connectivity index (χ0) is 12.4. The molecule has 0 atom stereocenters. The highest BCUT2D eigenvalue weighted by Crippen LogP contribution is 1.93. The van der Waals surface area contributed by atoms with Crippen LogP contribution in [0.15, 0.2) is 0 Å². The lowest BCUT2D eigenvalue weighted by molar-refractivity contribution is -0.130. The third-order valence-electron chi connectivity index (χ3n) is 2.32. The number of aliphatic hydroxyl groups is 1. The second-order valence-corrected chi connectivity index (χ2v) is 3.96. The molecule has 0 saturated carbocycles. The lowest BCUT2D eigenvalue weighted by Crippen LogP contribution is -2.39. The van der Waals surface area contributed by atoms with E-state index in [0.717, 1.165) is 13.0 Å². The predicted octanol–water partition coefficient (Wildman–Crippen LogP) is -0.158. The number of hydrogen-bond acceptors (Lipinski definition) is 4. The number of carbonyl (C=O) groups excluding carboxylic acids is 1. The molecular formula is C11H24N2O3. The minimum absolute atomic E-state index is 0.0606. The Labute approximate surface area is 97.8 Å². The molecular weight excluding hydrogens is 208 g/mol. The van der Waals surface area contributed by atoms with Crippen LogP contribution in [0.3, 0.4) is 0 Å². The van der Waals surface area contributed by atoms with E-state index in [-0.39, 0.29) is 18.6 Å². The van der Waals surface area contributed by atoms with Crippen molar-refractivity contribution in [1.82, 2.24) is 10.2 Å². The molecule has 0 rings (SSSR count). The molecule has 0 unspecified atom stereocenters. The maximum Gasteiger partial charge on any atom is 0.236 e. The van der Waals surface area contributed by atoms with Crippen molar-refractivity contribution in [3.63, 3.8) is 0 Å². The van der Waals surface area contributed by atoms with Gasteiger partial charge in [-0.05, 0) is 26.8 Å². The number of ether oxygens (including phenoxy) is 1. The molecule has 0 fully saturated rings. The molecule has 0 aromatic carbocycles. The van der Waals surface area contributed by atoms with E-state index in [9.17, 15) is 4.79 Å². The zero-order valence-electron chi connectivity index (χ0n) is 10.5. The first-order chi connectivity index (χ1) is 7.59. The molecule has 0 aromatic rings. The minimum atomic E-state index is 0.0606. The fourth-order valence-electron chi connectivity index (χ4n) is 1.07. The summed E-state index contributed by atoms with van der Waals surface area (Å²) in [5.41, 5.74) is 0. The summed E-state index contributed by atoms with van der Waals surface area (Å²) in [6.07, 6.45) is 0.846. The molecule has 0 aromatic heterocycles. The van der Waals surface area contributed by atoms with Crippen LogP contribution >= 0.6 is 0 Å². The van der Waals surface area contributed by atoms with Crippen molar-refractivity contribution in [1.29, 1.82) is 0 Å². The second kappa shape index (κ2) is 9.57. The van der Waals surface area contributed by atoms with Crippen LogP contribution in [0.25, 0.3) is 0 Å². The van der Waals surface area contributed by atoms with Gasteiger partial charge in [0, 0.05) is 19.7 Å². The van der Waals surface area contributed by atoms with Crippen molar-refractivity contribution >= 4 is 5.91 Å². The van der Waals surface area contributed by atoms with Crippen molar-refractivity contribution in [2.45, 2.75) is 26.3 Å². The van der Waals surface area contributed by atoms with Crippen LogP contribution in [0.5, 0.6) is 0 Å². The number of amides is 1. The summed E-state index contributed by atoms with van der Waals surface area (Å²) >= 11 is 0. The van der Waals surface area contributed by atoms with Gasteiger partial charge >= 0.3 is 0 Å². The maximum atomic E-state index is 11.5. The lowest BCUT2D eigenvalue weighted by atomic mass is 10.3. The number of nitrogens with zero attached hydrogens (tertiary/aromatic N) is 1. The Hall–Kier alpha value is -0.650. The van der Waals surface area contributed by atoms with Crippen LogP contribution in [0.2, 0.25) is 0 Å². The highest BCUT2D eigenvalue weighted by Gasteiger charge is 2.10. The van der Waals surface area contributed by atoms with E-state index in [2.05, 4.69) is 5.32 Å². The van der Waals surface area contributed by atoms with E-state index in [4.69, 9.17) is 9.84 Å². The average molecular weight is 232 g/mol. The Balaban J connectivity index is 3.34. The molecule has 0 aliphatic rings. The van der Waals surface area contributed by atoms with E-state index in [1.165, 1.54) is 0 Å². The summed E-state index contributed by atoms with van der Waals surface area (Å²) in [4.78, 5) is 13.2. The Morgan fingerprint density at radius 3 is 2.69 bits per heavy atom. The van der Waals surface area contributed by atoms with E-state index >= 15 is 0 Å². The topological polar surface area (TPSA) is 61.8 Å². The van der Waals surface area contributed by atoms with Crippen molar-refractivity contribution in [3.05, 3.63) is 0 Å². The third kappa shape index (κ3) is 7.62. The summed E-state index contributed by atoms with van der Waals surface area (Å²) in [6, 6.07) is 0.238. The quantitative estimate of drug-likeness (QED) is 0.542. The monoisotopic (exact) mass is 232 g/mol. The van der Waals surface area contributed by atoms with Gasteiger partial charge in [-0.1, -0.05) is 0 Å². The molecule has 5 nitrogen and oxygen atoms in total. The number of carbonyl (C=O) groups is 1. The van der Waals surface area contributed by atoms with Gasteiger partial charge < -0.3 is 20.1 Å². The zero-order valence-corrected chi connectivity index (χ0v) is 10.5. The summed E-state index contributed by atoms with van der Waals surface area (Å²) < 4.78 is 5.09. The van der Waals surface area contributed by atoms with Gasteiger partial charge in [-0.2, -0.15) is 0 Å². The number of hydrogen-bond donors (Lipinski definition) is 2. The van der Waals surface area contributed by atoms with Gasteiger partial charge in [-0.15, -0.1) is 0 Å². The molecule has 2 N–H and O–H groups in total. The van der Waals surface area contributed by atoms with E-state index in [1.807, 2.05) is 13.8 Å². The van der Waals surface area contributed by atoms with Crippen LogP contribution in [-0.2, 0) is 9.53 Å². The van der Waals surface area contributed by atoms with Crippen LogP contribution in [0, 0.1) is 0 Å². The van der Waals surface area contributed by atoms with Gasteiger partial charge in [-0.3, -0.25) is 4.79 Å². The van der Waals surface area contributed by atoms with Gasteiger partial charge in [0.05, 0.1) is 19.8 Å². The van der Waals surface area contributed by atoms with Crippen LogP contribution < -0.4 is 5.32 Å². The third-order valence-corrected chi connectivity index (χ3v) is 2.32. The van der Waals surface area contributed by atoms with Crippen LogP contribution in [0.4, 0.5) is 0 Å². The highest BCUT2D eigenvalue weighted by atomic mass is 16.5. The molecule has 16 heavy (non-hydrogen) atoms. The molecule has 0 heterocycles. The van der Waals surface area contributed by atoms with Gasteiger partial charge in [0.25, 0.3) is 0 Å². The lowest BCUT2D eigenvalue weighted by Gasteiger charge is -2.21. The van der Waals surface area contributed by atoms with Gasteiger partial charge in [-0.25, -0.2) is 0 Å². The second-order valence-electron chi connectivity index (χ2n) is 3.96. The fourth-order valence-corrected chi connectivity index (χ4v) is 1.07. The summed E-state index contributed by atoms with van der Waals surface area (Å²) in [5.74, 6) is 0.103.